The normalized spacial score (nSPS) is 12.1. The van der Waals surface area contributed by atoms with Crippen LogP contribution in [0.4, 0.5) is 9.18 Å². The van der Waals surface area contributed by atoms with Gasteiger partial charge in [-0.25, -0.2) is 9.78 Å². The summed E-state index contributed by atoms with van der Waals surface area (Å²) in [5, 5.41) is 0. The molecule has 0 aliphatic carbocycles. The van der Waals surface area contributed by atoms with Crippen LogP contribution >= 0.6 is 22.6 Å². The van der Waals surface area contributed by atoms with Crippen LogP contribution in [0.2, 0.25) is 0 Å². The van der Waals surface area contributed by atoms with Gasteiger partial charge in [-0.1, -0.05) is 13.3 Å². The molecule has 1 amide bonds. The van der Waals surface area contributed by atoms with Crippen LogP contribution in [0.3, 0.4) is 0 Å². The average Bonchev–Trinajstić information content (AvgIpc) is 2.37. The highest BCUT2D eigenvalue weighted by Crippen LogP contribution is 2.24. The van der Waals surface area contributed by atoms with Gasteiger partial charge in [0, 0.05) is 28.4 Å². The zero-order valence-electron chi connectivity index (χ0n) is 11.3. The maximum atomic E-state index is 13.0. The molecule has 6 heteroatoms. The Hall–Kier alpha value is -0.920. The third-order valence-electron chi connectivity index (χ3n) is 2.89. The summed E-state index contributed by atoms with van der Waals surface area (Å²) in [5.74, 6) is -0.520. The van der Waals surface area contributed by atoms with E-state index in [1.165, 1.54) is 17.2 Å². The summed E-state index contributed by atoms with van der Waals surface area (Å²) < 4.78 is 18.8. The van der Waals surface area contributed by atoms with Crippen LogP contribution in [0.25, 0.3) is 0 Å². The molecule has 1 atom stereocenters. The van der Waals surface area contributed by atoms with Crippen molar-refractivity contribution < 1.29 is 13.9 Å². The number of ether oxygens (including phenoxy) is 1. The predicted molar refractivity (Wildman–Crippen MR) is 79.3 cm³/mol. The smallest absolute Gasteiger partial charge is 0.410 e. The van der Waals surface area contributed by atoms with E-state index in [1.54, 1.807) is 7.05 Å². The zero-order valence-corrected chi connectivity index (χ0v) is 13.5. The number of halogens is 2. The molecule has 0 aliphatic heterocycles. The molecule has 0 unspecified atom stereocenters. The molecular formula is C13H18FIN2O2. The molecule has 1 heterocycles. The lowest BCUT2D eigenvalue weighted by molar-refractivity contribution is 0.0981. The lowest BCUT2D eigenvalue weighted by Crippen LogP contribution is -2.31. The van der Waals surface area contributed by atoms with Crippen LogP contribution in [0.15, 0.2) is 12.3 Å². The quantitative estimate of drug-likeness (QED) is 0.444. The SMILES string of the molecule is CCCCOC(=O)N(C)[C@@H](C)c1cnc(F)cc1I. The zero-order chi connectivity index (χ0) is 14.4. The Labute approximate surface area is 126 Å². The van der Waals surface area contributed by atoms with Crippen LogP contribution in [-0.2, 0) is 4.74 Å². The van der Waals surface area contributed by atoms with Crippen LogP contribution in [0.5, 0.6) is 0 Å². The number of amides is 1. The van der Waals surface area contributed by atoms with Crippen molar-refractivity contribution in [3.63, 3.8) is 0 Å². The van der Waals surface area contributed by atoms with Gasteiger partial charge >= 0.3 is 6.09 Å². The molecule has 0 radical (unpaired) electrons. The molecule has 0 saturated carbocycles. The molecule has 1 aromatic heterocycles. The minimum absolute atomic E-state index is 0.214. The van der Waals surface area contributed by atoms with Gasteiger partial charge in [-0.15, -0.1) is 0 Å². The Morgan fingerprint density at radius 2 is 2.32 bits per heavy atom. The van der Waals surface area contributed by atoms with E-state index in [4.69, 9.17) is 4.74 Å². The fraction of sp³-hybridized carbons (Fsp3) is 0.538. The summed E-state index contributed by atoms with van der Waals surface area (Å²) in [7, 11) is 1.67. The number of aromatic nitrogens is 1. The molecule has 106 valence electrons. The predicted octanol–water partition coefficient (Wildman–Crippen LogP) is 3.75. The van der Waals surface area contributed by atoms with Crippen LogP contribution < -0.4 is 0 Å². The van der Waals surface area contributed by atoms with Gasteiger partial charge in [-0.2, -0.15) is 4.39 Å². The Morgan fingerprint density at radius 3 is 2.89 bits per heavy atom. The molecule has 19 heavy (non-hydrogen) atoms. The van der Waals surface area contributed by atoms with E-state index >= 15 is 0 Å². The largest absolute Gasteiger partial charge is 0.449 e. The Kier molecular flexibility index (Phi) is 6.47. The van der Waals surface area contributed by atoms with Gasteiger partial charge in [0.1, 0.15) is 0 Å². The van der Waals surface area contributed by atoms with E-state index in [0.717, 1.165) is 22.0 Å². The molecule has 0 saturated heterocycles. The highest BCUT2D eigenvalue weighted by Gasteiger charge is 2.21. The van der Waals surface area contributed by atoms with Crippen LogP contribution in [0.1, 0.15) is 38.3 Å². The number of unbranched alkanes of at least 4 members (excludes halogenated alkanes) is 1. The fourth-order valence-electron chi connectivity index (χ4n) is 1.50. The minimum Gasteiger partial charge on any atom is -0.449 e. The molecule has 0 spiro atoms. The second kappa shape index (κ2) is 7.62. The number of pyridine rings is 1. The molecule has 1 rings (SSSR count). The van der Waals surface area contributed by atoms with Gasteiger partial charge in [-0.3, -0.25) is 0 Å². The second-order valence-corrected chi connectivity index (χ2v) is 5.45. The number of nitrogens with zero attached hydrogens (tertiary/aromatic N) is 2. The first-order chi connectivity index (χ1) is 8.97. The van der Waals surface area contributed by atoms with Crippen molar-refractivity contribution in [3.8, 4) is 0 Å². The molecule has 0 aromatic carbocycles. The minimum atomic E-state index is -0.520. The molecule has 0 aliphatic rings. The standard InChI is InChI=1S/C13H18FIN2O2/c1-4-5-6-19-13(18)17(3)9(2)10-8-16-12(14)7-11(10)15/h7-9H,4-6H2,1-3H3/t9-/m0/s1. The number of hydrogen-bond donors (Lipinski definition) is 0. The first-order valence-electron chi connectivity index (χ1n) is 6.17. The summed E-state index contributed by atoms with van der Waals surface area (Å²) in [6.07, 6.45) is 2.91. The summed E-state index contributed by atoms with van der Waals surface area (Å²) in [5.41, 5.74) is 0.803. The summed E-state index contributed by atoms with van der Waals surface area (Å²) in [6, 6.07) is 1.14. The first kappa shape index (κ1) is 16.1. The second-order valence-electron chi connectivity index (χ2n) is 4.28. The molecule has 0 N–H and O–H groups in total. The summed E-state index contributed by atoms with van der Waals surface area (Å²) in [6.45, 7) is 4.32. The number of rotatable bonds is 5. The van der Waals surface area contributed by atoms with Gasteiger partial charge in [0.2, 0.25) is 5.95 Å². The number of carbonyl (C=O) groups is 1. The lowest BCUT2D eigenvalue weighted by atomic mass is 10.1. The van der Waals surface area contributed by atoms with E-state index in [-0.39, 0.29) is 12.1 Å². The Morgan fingerprint density at radius 1 is 1.63 bits per heavy atom. The van der Waals surface area contributed by atoms with Gasteiger partial charge < -0.3 is 9.64 Å². The molecule has 0 fully saturated rings. The van der Waals surface area contributed by atoms with Crippen LogP contribution in [0, 0.1) is 9.52 Å². The van der Waals surface area contributed by atoms with Crippen molar-refractivity contribution in [2.24, 2.45) is 0 Å². The molecule has 0 bridgehead atoms. The molecular weight excluding hydrogens is 362 g/mol. The van der Waals surface area contributed by atoms with E-state index in [9.17, 15) is 9.18 Å². The van der Waals surface area contributed by atoms with Crippen molar-refractivity contribution in [2.75, 3.05) is 13.7 Å². The Balaban J connectivity index is 2.70. The van der Waals surface area contributed by atoms with Gasteiger partial charge in [0.15, 0.2) is 0 Å². The van der Waals surface area contributed by atoms with E-state index in [1.807, 2.05) is 36.4 Å². The fourth-order valence-corrected chi connectivity index (χ4v) is 2.34. The van der Waals surface area contributed by atoms with E-state index in [2.05, 4.69) is 4.98 Å². The van der Waals surface area contributed by atoms with Gasteiger partial charge in [0.05, 0.1) is 12.6 Å². The topological polar surface area (TPSA) is 42.4 Å². The highest BCUT2D eigenvalue weighted by atomic mass is 127. The summed E-state index contributed by atoms with van der Waals surface area (Å²) >= 11 is 2.03. The monoisotopic (exact) mass is 380 g/mol. The third kappa shape index (κ3) is 4.59. The van der Waals surface area contributed by atoms with Crippen LogP contribution in [-0.4, -0.2) is 29.6 Å². The maximum Gasteiger partial charge on any atom is 0.410 e. The lowest BCUT2D eigenvalue weighted by Gasteiger charge is -2.25. The molecule has 1 aromatic rings. The first-order valence-corrected chi connectivity index (χ1v) is 7.25. The summed E-state index contributed by atoms with van der Waals surface area (Å²) in [4.78, 5) is 16.9. The van der Waals surface area contributed by atoms with E-state index < -0.39 is 5.95 Å². The molecule has 4 nitrogen and oxygen atoms in total. The van der Waals surface area contributed by atoms with Crippen molar-refractivity contribution in [3.05, 3.63) is 27.3 Å². The van der Waals surface area contributed by atoms with Crippen molar-refractivity contribution >= 4 is 28.7 Å². The Bertz CT molecular complexity index is 443. The van der Waals surface area contributed by atoms with Crippen molar-refractivity contribution in [1.82, 2.24) is 9.88 Å². The highest BCUT2D eigenvalue weighted by molar-refractivity contribution is 14.1. The van der Waals surface area contributed by atoms with Gasteiger partial charge in [-0.05, 0) is 35.9 Å². The van der Waals surface area contributed by atoms with Crippen molar-refractivity contribution in [1.29, 1.82) is 0 Å². The number of carbonyl (C=O) groups excluding carboxylic acids is 1. The van der Waals surface area contributed by atoms with Gasteiger partial charge in [0.25, 0.3) is 0 Å². The van der Waals surface area contributed by atoms with E-state index in [0.29, 0.717) is 6.61 Å². The van der Waals surface area contributed by atoms with Crippen molar-refractivity contribution in [2.45, 2.75) is 32.7 Å². The average molecular weight is 380 g/mol. The maximum absolute atomic E-state index is 13.0. The third-order valence-corrected chi connectivity index (χ3v) is 3.83. The number of hydrogen-bond acceptors (Lipinski definition) is 3.